The summed E-state index contributed by atoms with van der Waals surface area (Å²) in [6, 6.07) is 11.1. The Bertz CT molecular complexity index is 794. The zero-order chi connectivity index (χ0) is 18.2. The van der Waals surface area contributed by atoms with Crippen molar-refractivity contribution in [1.29, 1.82) is 5.26 Å². The summed E-state index contributed by atoms with van der Waals surface area (Å²) >= 11 is 1.24. The lowest BCUT2D eigenvalue weighted by Crippen LogP contribution is -2.30. The summed E-state index contributed by atoms with van der Waals surface area (Å²) in [6.45, 7) is 3.57. The minimum Gasteiger partial charge on any atom is -0.493 e. The molecule has 1 amide bonds. The molecule has 130 valence electrons. The Balaban J connectivity index is 1.77. The standard InChI is InChI=1S/C18H18N2O4S/c1-12-5-3-4-6-15(12)23-9-7-16(21)24-13(2)17(22)20-18-14(11-19)8-10-25-18/h3-6,8,10,13H,7,9H2,1-2H3,(H,20,22). The van der Waals surface area contributed by atoms with Crippen LogP contribution in [0.2, 0.25) is 0 Å². The highest BCUT2D eigenvalue weighted by molar-refractivity contribution is 7.14. The second-order valence-corrected chi connectivity index (χ2v) is 6.18. The van der Waals surface area contributed by atoms with E-state index in [1.165, 1.54) is 18.3 Å². The van der Waals surface area contributed by atoms with Gasteiger partial charge in [-0.3, -0.25) is 9.59 Å². The Morgan fingerprint density at radius 1 is 1.32 bits per heavy atom. The number of esters is 1. The Morgan fingerprint density at radius 2 is 2.08 bits per heavy atom. The van der Waals surface area contributed by atoms with E-state index in [-0.39, 0.29) is 13.0 Å². The molecule has 0 aliphatic rings. The molecule has 0 radical (unpaired) electrons. The number of anilines is 1. The molecule has 7 heteroatoms. The van der Waals surface area contributed by atoms with Crippen LogP contribution in [0.25, 0.3) is 0 Å². The molecule has 0 aliphatic carbocycles. The van der Waals surface area contributed by atoms with Gasteiger partial charge in [-0.1, -0.05) is 18.2 Å². The quantitative estimate of drug-likeness (QED) is 0.768. The maximum atomic E-state index is 12.0. The van der Waals surface area contributed by atoms with Crippen LogP contribution >= 0.6 is 11.3 Å². The maximum Gasteiger partial charge on any atom is 0.310 e. The number of thiophene rings is 1. The summed E-state index contributed by atoms with van der Waals surface area (Å²) in [7, 11) is 0. The fourth-order valence-corrected chi connectivity index (χ4v) is 2.72. The molecule has 0 aliphatic heterocycles. The number of amides is 1. The summed E-state index contributed by atoms with van der Waals surface area (Å²) in [6.07, 6.45) is -0.923. The van der Waals surface area contributed by atoms with Gasteiger partial charge in [-0.25, -0.2) is 0 Å². The third-order valence-corrected chi connectivity index (χ3v) is 4.19. The van der Waals surface area contributed by atoms with Crippen LogP contribution in [0, 0.1) is 18.3 Å². The normalized spacial score (nSPS) is 11.2. The summed E-state index contributed by atoms with van der Waals surface area (Å²) in [5.41, 5.74) is 1.36. The second kappa shape index (κ2) is 8.85. The molecule has 1 aromatic heterocycles. The highest BCUT2D eigenvalue weighted by atomic mass is 32.1. The van der Waals surface area contributed by atoms with E-state index in [4.69, 9.17) is 14.7 Å². The number of carbonyl (C=O) groups excluding carboxylic acids is 2. The topological polar surface area (TPSA) is 88.4 Å². The Kier molecular flexibility index (Phi) is 6.54. The highest BCUT2D eigenvalue weighted by Crippen LogP contribution is 2.22. The summed E-state index contributed by atoms with van der Waals surface area (Å²) in [5.74, 6) is -0.294. The maximum absolute atomic E-state index is 12.0. The number of para-hydroxylation sites is 1. The molecule has 1 atom stereocenters. The summed E-state index contributed by atoms with van der Waals surface area (Å²) in [4.78, 5) is 23.9. The lowest BCUT2D eigenvalue weighted by molar-refractivity contribution is -0.153. The van der Waals surface area contributed by atoms with Gasteiger partial charge in [-0.2, -0.15) is 5.26 Å². The number of ether oxygens (including phenoxy) is 2. The smallest absolute Gasteiger partial charge is 0.310 e. The first-order valence-electron chi connectivity index (χ1n) is 7.67. The zero-order valence-corrected chi connectivity index (χ0v) is 14.8. The van der Waals surface area contributed by atoms with Crippen molar-refractivity contribution in [2.75, 3.05) is 11.9 Å². The number of nitrogens with zero attached hydrogens (tertiary/aromatic N) is 1. The molecule has 1 unspecified atom stereocenters. The minimum atomic E-state index is -0.959. The lowest BCUT2D eigenvalue weighted by atomic mass is 10.2. The zero-order valence-electron chi connectivity index (χ0n) is 13.9. The van der Waals surface area contributed by atoms with Crippen LogP contribution in [0.1, 0.15) is 24.5 Å². The molecular formula is C18H18N2O4S. The molecule has 25 heavy (non-hydrogen) atoms. The van der Waals surface area contributed by atoms with Crippen LogP contribution in [-0.4, -0.2) is 24.6 Å². The minimum absolute atomic E-state index is 0.0361. The average molecular weight is 358 g/mol. The second-order valence-electron chi connectivity index (χ2n) is 5.26. The van der Waals surface area contributed by atoms with Crippen molar-refractivity contribution < 1.29 is 19.1 Å². The van der Waals surface area contributed by atoms with Gasteiger partial charge in [0.15, 0.2) is 6.10 Å². The van der Waals surface area contributed by atoms with Gasteiger partial charge in [-0.15, -0.1) is 11.3 Å². The van der Waals surface area contributed by atoms with Gasteiger partial charge in [0.1, 0.15) is 16.8 Å². The molecule has 2 aromatic rings. The molecule has 0 fully saturated rings. The lowest BCUT2D eigenvalue weighted by Gasteiger charge is -2.13. The Morgan fingerprint density at radius 3 is 2.80 bits per heavy atom. The predicted octanol–water partition coefficient (Wildman–Crippen LogP) is 3.27. The number of hydrogen-bond donors (Lipinski definition) is 1. The van der Waals surface area contributed by atoms with E-state index in [2.05, 4.69) is 5.32 Å². The van der Waals surface area contributed by atoms with Crippen molar-refractivity contribution >= 4 is 28.2 Å². The molecule has 0 spiro atoms. The monoisotopic (exact) mass is 358 g/mol. The first-order chi connectivity index (χ1) is 12.0. The third kappa shape index (κ3) is 5.33. The van der Waals surface area contributed by atoms with E-state index >= 15 is 0 Å². The molecule has 0 bridgehead atoms. The van der Waals surface area contributed by atoms with Crippen molar-refractivity contribution in [3.63, 3.8) is 0 Å². The van der Waals surface area contributed by atoms with Crippen molar-refractivity contribution in [3.05, 3.63) is 46.8 Å². The number of hydrogen-bond acceptors (Lipinski definition) is 6. The first-order valence-corrected chi connectivity index (χ1v) is 8.55. The molecule has 0 saturated carbocycles. The Hall–Kier alpha value is -2.85. The molecule has 1 N–H and O–H groups in total. The van der Waals surface area contributed by atoms with Crippen LogP contribution in [0.4, 0.5) is 5.00 Å². The molecule has 2 rings (SSSR count). The SMILES string of the molecule is Cc1ccccc1OCCC(=O)OC(C)C(=O)Nc1sccc1C#N. The van der Waals surface area contributed by atoms with Gasteiger partial charge >= 0.3 is 5.97 Å². The van der Waals surface area contributed by atoms with E-state index in [0.717, 1.165) is 5.56 Å². The van der Waals surface area contributed by atoms with Gasteiger partial charge in [-0.05, 0) is 36.9 Å². The number of carbonyl (C=O) groups is 2. The van der Waals surface area contributed by atoms with Gasteiger partial charge in [0.25, 0.3) is 5.91 Å². The number of benzene rings is 1. The fourth-order valence-electron chi connectivity index (χ4n) is 1.98. The number of rotatable bonds is 7. The van der Waals surface area contributed by atoms with E-state index in [9.17, 15) is 9.59 Å². The van der Waals surface area contributed by atoms with Crippen molar-refractivity contribution in [3.8, 4) is 11.8 Å². The number of nitriles is 1. The fraction of sp³-hybridized carbons (Fsp3) is 0.278. The van der Waals surface area contributed by atoms with Gasteiger partial charge in [0.2, 0.25) is 0 Å². The van der Waals surface area contributed by atoms with Crippen molar-refractivity contribution in [2.45, 2.75) is 26.4 Å². The van der Waals surface area contributed by atoms with E-state index < -0.39 is 18.0 Å². The number of aryl methyl sites for hydroxylation is 1. The van der Waals surface area contributed by atoms with E-state index in [1.54, 1.807) is 11.4 Å². The number of nitrogens with one attached hydrogen (secondary N) is 1. The average Bonchev–Trinajstić information content (AvgIpc) is 3.03. The first kappa shape index (κ1) is 18.5. The van der Waals surface area contributed by atoms with Crippen LogP contribution in [0.15, 0.2) is 35.7 Å². The summed E-state index contributed by atoms with van der Waals surface area (Å²) < 4.78 is 10.6. The molecular weight excluding hydrogens is 340 g/mol. The van der Waals surface area contributed by atoms with Crippen LogP contribution in [0.3, 0.4) is 0 Å². The van der Waals surface area contributed by atoms with Gasteiger partial charge < -0.3 is 14.8 Å². The largest absolute Gasteiger partial charge is 0.493 e. The molecule has 0 saturated heterocycles. The van der Waals surface area contributed by atoms with Crippen molar-refractivity contribution in [1.82, 2.24) is 0 Å². The van der Waals surface area contributed by atoms with Gasteiger partial charge in [0, 0.05) is 0 Å². The van der Waals surface area contributed by atoms with Crippen LogP contribution < -0.4 is 10.1 Å². The van der Waals surface area contributed by atoms with Crippen LogP contribution in [-0.2, 0) is 14.3 Å². The summed E-state index contributed by atoms with van der Waals surface area (Å²) in [5, 5.41) is 13.7. The van der Waals surface area contributed by atoms with Crippen molar-refractivity contribution in [2.24, 2.45) is 0 Å². The predicted molar refractivity (Wildman–Crippen MR) is 94.5 cm³/mol. The molecule has 1 aromatic carbocycles. The molecule has 6 nitrogen and oxygen atoms in total. The highest BCUT2D eigenvalue weighted by Gasteiger charge is 2.19. The van der Waals surface area contributed by atoms with E-state index in [0.29, 0.717) is 16.3 Å². The van der Waals surface area contributed by atoms with Gasteiger partial charge in [0.05, 0.1) is 18.6 Å². The Labute approximate surface area is 150 Å². The van der Waals surface area contributed by atoms with E-state index in [1.807, 2.05) is 37.3 Å². The third-order valence-electron chi connectivity index (χ3n) is 3.36. The molecule has 1 heterocycles. The van der Waals surface area contributed by atoms with Crippen LogP contribution in [0.5, 0.6) is 5.75 Å².